The Labute approximate surface area is 65.9 Å². The van der Waals surface area contributed by atoms with Crippen molar-refractivity contribution in [2.24, 2.45) is 0 Å². The molecule has 1 heterocycles. The van der Waals surface area contributed by atoms with Crippen LogP contribution in [0.1, 0.15) is 12.7 Å². The van der Waals surface area contributed by atoms with Crippen molar-refractivity contribution in [2.75, 3.05) is 7.05 Å². The van der Waals surface area contributed by atoms with Crippen LogP contribution in [0.5, 0.6) is 0 Å². The van der Waals surface area contributed by atoms with E-state index in [9.17, 15) is 0 Å². The summed E-state index contributed by atoms with van der Waals surface area (Å²) in [6.45, 7) is 3.91. The van der Waals surface area contributed by atoms with Gasteiger partial charge in [0.1, 0.15) is 12.2 Å². The molecule has 0 amide bonds. The van der Waals surface area contributed by atoms with E-state index in [1.165, 1.54) is 0 Å². The van der Waals surface area contributed by atoms with Crippen LogP contribution in [0.3, 0.4) is 0 Å². The zero-order valence-electron chi connectivity index (χ0n) is 7.00. The minimum atomic E-state index is 0.897. The highest BCUT2D eigenvalue weighted by Crippen LogP contribution is 2.02. The Morgan fingerprint density at radius 1 is 1.73 bits per heavy atom. The van der Waals surface area contributed by atoms with Crippen LogP contribution in [0.2, 0.25) is 0 Å². The minimum absolute atomic E-state index is 0.897. The zero-order valence-corrected chi connectivity index (χ0v) is 7.00. The largest absolute Gasteiger partial charge is 0.393 e. The fourth-order valence-electron chi connectivity index (χ4n) is 0.917. The number of nitrogens with zero attached hydrogens (tertiary/aromatic N) is 3. The average molecular weight is 152 g/mol. The molecule has 60 valence electrons. The van der Waals surface area contributed by atoms with Crippen LogP contribution in [-0.2, 0) is 0 Å². The van der Waals surface area contributed by atoms with Gasteiger partial charge >= 0.3 is 0 Å². The molecule has 0 fully saturated rings. The van der Waals surface area contributed by atoms with E-state index < -0.39 is 0 Å². The molecule has 0 aliphatic carbocycles. The molecule has 0 spiro atoms. The van der Waals surface area contributed by atoms with E-state index in [1.54, 1.807) is 6.33 Å². The fraction of sp³-hybridized carbons (Fsp3) is 0.429. The summed E-state index contributed by atoms with van der Waals surface area (Å²) in [7, 11) is 1.86. The van der Waals surface area contributed by atoms with E-state index in [-0.39, 0.29) is 0 Å². The molecule has 1 rings (SSSR count). The Morgan fingerprint density at radius 3 is 2.91 bits per heavy atom. The Morgan fingerprint density at radius 2 is 2.45 bits per heavy atom. The van der Waals surface area contributed by atoms with Crippen LogP contribution in [0.25, 0.3) is 5.70 Å². The lowest BCUT2D eigenvalue weighted by molar-refractivity contribution is 0.963. The lowest BCUT2D eigenvalue weighted by Gasteiger charge is -2.02. The smallest absolute Gasteiger partial charge is 0.134 e. The van der Waals surface area contributed by atoms with Gasteiger partial charge < -0.3 is 5.32 Å². The summed E-state index contributed by atoms with van der Waals surface area (Å²) in [5, 5.41) is 10.6. The van der Waals surface area contributed by atoms with E-state index in [0.717, 1.165) is 11.5 Å². The molecule has 1 N–H and O–H groups in total. The molecule has 4 nitrogen and oxygen atoms in total. The van der Waals surface area contributed by atoms with Gasteiger partial charge in [0.25, 0.3) is 0 Å². The van der Waals surface area contributed by atoms with Crippen molar-refractivity contribution in [3.8, 4) is 0 Å². The molecular weight excluding hydrogens is 140 g/mol. The average Bonchev–Trinajstić information content (AvgIpc) is 2.36. The van der Waals surface area contributed by atoms with Gasteiger partial charge in [-0.05, 0) is 13.8 Å². The molecule has 4 heteroatoms. The summed E-state index contributed by atoms with van der Waals surface area (Å²) in [6.07, 6.45) is 3.59. The van der Waals surface area contributed by atoms with Gasteiger partial charge in [-0.15, -0.1) is 10.2 Å². The summed E-state index contributed by atoms with van der Waals surface area (Å²) < 4.78 is 1.91. The SMILES string of the molecule is CN/C=C(\C)n1cnnc1C. The third kappa shape index (κ3) is 1.58. The number of aromatic nitrogens is 3. The third-order valence-corrected chi connectivity index (χ3v) is 1.45. The predicted octanol–water partition coefficient (Wildman–Crippen LogP) is 0.624. The molecule has 0 atom stereocenters. The Bertz CT molecular complexity index is 261. The van der Waals surface area contributed by atoms with Gasteiger partial charge in [0.2, 0.25) is 0 Å². The van der Waals surface area contributed by atoms with E-state index in [1.807, 2.05) is 31.7 Å². The number of hydrogen-bond acceptors (Lipinski definition) is 3. The van der Waals surface area contributed by atoms with E-state index in [4.69, 9.17) is 0 Å². The molecule has 0 unspecified atom stereocenters. The van der Waals surface area contributed by atoms with E-state index in [0.29, 0.717) is 0 Å². The topological polar surface area (TPSA) is 42.7 Å². The Hall–Kier alpha value is -1.32. The predicted molar refractivity (Wildman–Crippen MR) is 43.8 cm³/mol. The highest BCUT2D eigenvalue weighted by molar-refractivity contribution is 5.41. The number of rotatable bonds is 2. The van der Waals surface area contributed by atoms with Gasteiger partial charge in [-0.25, -0.2) is 0 Å². The summed E-state index contributed by atoms with van der Waals surface area (Å²) >= 11 is 0. The van der Waals surface area contributed by atoms with Crippen molar-refractivity contribution in [3.05, 3.63) is 18.4 Å². The molecule has 0 aromatic carbocycles. The van der Waals surface area contributed by atoms with Crippen molar-refractivity contribution < 1.29 is 0 Å². The van der Waals surface area contributed by atoms with Gasteiger partial charge in [0.15, 0.2) is 0 Å². The van der Waals surface area contributed by atoms with Gasteiger partial charge in [-0.3, -0.25) is 4.57 Å². The maximum Gasteiger partial charge on any atom is 0.134 e. The first-order valence-corrected chi connectivity index (χ1v) is 3.46. The van der Waals surface area contributed by atoms with Crippen molar-refractivity contribution in [1.82, 2.24) is 20.1 Å². The molecule has 1 aromatic rings. The van der Waals surface area contributed by atoms with Gasteiger partial charge in [-0.1, -0.05) is 0 Å². The number of nitrogens with one attached hydrogen (secondary N) is 1. The summed E-state index contributed by atoms with van der Waals surface area (Å²) in [6, 6.07) is 0. The first-order chi connectivity index (χ1) is 5.25. The van der Waals surface area contributed by atoms with Gasteiger partial charge in [0, 0.05) is 18.9 Å². The lowest BCUT2D eigenvalue weighted by atomic mass is 10.5. The maximum absolute atomic E-state index is 3.86. The second-order valence-corrected chi connectivity index (χ2v) is 2.32. The van der Waals surface area contributed by atoms with E-state index >= 15 is 0 Å². The molecule has 11 heavy (non-hydrogen) atoms. The minimum Gasteiger partial charge on any atom is -0.393 e. The standard InChI is InChI=1S/C7H12N4/c1-6(4-8-3)11-5-9-10-7(11)2/h4-5,8H,1-3H3/b6-4+. The van der Waals surface area contributed by atoms with Gasteiger partial charge in [-0.2, -0.15) is 0 Å². The van der Waals surface area contributed by atoms with Gasteiger partial charge in [0.05, 0.1) is 0 Å². The summed E-state index contributed by atoms with van der Waals surface area (Å²) in [5.41, 5.74) is 1.08. The molecule has 0 aliphatic rings. The molecule has 0 bridgehead atoms. The molecule has 0 saturated heterocycles. The Balaban J connectivity index is 2.92. The molecule has 1 aromatic heterocycles. The lowest BCUT2D eigenvalue weighted by Crippen LogP contribution is -2.00. The molecule has 0 aliphatic heterocycles. The highest BCUT2D eigenvalue weighted by Gasteiger charge is 1.97. The first kappa shape index (κ1) is 7.78. The maximum atomic E-state index is 3.86. The van der Waals surface area contributed by atoms with E-state index in [2.05, 4.69) is 15.5 Å². The van der Waals surface area contributed by atoms with Crippen LogP contribution in [0.15, 0.2) is 12.5 Å². The van der Waals surface area contributed by atoms with Crippen molar-refractivity contribution >= 4 is 5.70 Å². The van der Waals surface area contributed by atoms with Crippen LogP contribution >= 0.6 is 0 Å². The fourth-order valence-corrected chi connectivity index (χ4v) is 0.917. The summed E-state index contributed by atoms with van der Waals surface area (Å²) in [4.78, 5) is 0. The van der Waals surface area contributed by atoms with Crippen LogP contribution in [0, 0.1) is 6.92 Å². The van der Waals surface area contributed by atoms with Crippen LogP contribution in [0.4, 0.5) is 0 Å². The number of hydrogen-bond donors (Lipinski definition) is 1. The third-order valence-electron chi connectivity index (χ3n) is 1.45. The Kier molecular flexibility index (Phi) is 2.25. The molecular formula is C7H12N4. The highest BCUT2D eigenvalue weighted by atomic mass is 15.3. The second-order valence-electron chi connectivity index (χ2n) is 2.32. The summed E-state index contributed by atoms with van der Waals surface area (Å²) in [5.74, 6) is 0.897. The van der Waals surface area contributed by atoms with Crippen molar-refractivity contribution in [3.63, 3.8) is 0 Å². The molecule has 0 saturated carbocycles. The van der Waals surface area contributed by atoms with Crippen molar-refractivity contribution in [1.29, 1.82) is 0 Å². The monoisotopic (exact) mass is 152 g/mol. The van der Waals surface area contributed by atoms with Crippen LogP contribution < -0.4 is 5.32 Å². The quantitative estimate of drug-likeness (QED) is 0.675. The number of aryl methyl sites for hydroxylation is 1. The van der Waals surface area contributed by atoms with Crippen molar-refractivity contribution in [2.45, 2.75) is 13.8 Å². The zero-order chi connectivity index (χ0) is 8.27. The normalized spacial score (nSPS) is 11.7. The second kappa shape index (κ2) is 3.18. The first-order valence-electron chi connectivity index (χ1n) is 3.46. The number of allylic oxidation sites excluding steroid dienone is 1. The van der Waals surface area contributed by atoms with Crippen LogP contribution in [-0.4, -0.2) is 21.8 Å². The molecule has 0 radical (unpaired) electrons.